The predicted molar refractivity (Wildman–Crippen MR) is 79.3 cm³/mol. The summed E-state index contributed by atoms with van der Waals surface area (Å²) in [6, 6.07) is 7.81. The molecule has 104 valence electrons. The van der Waals surface area contributed by atoms with E-state index in [1.807, 2.05) is 50.2 Å². The molecule has 2 rings (SSSR count). The summed E-state index contributed by atoms with van der Waals surface area (Å²) in [6.07, 6.45) is 2.83. The fourth-order valence-corrected chi connectivity index (χ4v) is 2.61. The quantitative estimate of drug-likeness (QED) is 0.877. The minimum atomic E-state index is -0.436. The molecule has 0 radical (unpaired) electrons. The number of hydrogen-bond acceptors (Lipinski definition) is 3. The van der Waals surface area contributed by atoms with E-state index in [9.17, 15) is 4.79 Å². The lowest BCUT2D eigenvalue weighted by Gasteiger charge is -2.27. The van der Waals surface area contributed by atoms with Gasteiger partial charge in [-0.3, -0.25) is 4.79 Å². The van der Waals surface area contributed by atoms with Crippen molar-refractivity contribution in [2.45, 2.75) is 32.2 Å². The Bertz CT molecular complexity index is 472. The van der Waals surface area contributed by atoms with Gasteiger partial charge in [0.25, 0.3) is 0 Å². The summed E-state index contributed by atoms with van der Waals surface area (Å²) in [5.74, 6) is 0.0356. The van der Waals surface area contributed by atoms with Crippen molar-refractivity contribution in [1.29, 1.82) is 0 Å². The molecule has 1 aromatic rings. The van der Waals surface area contributed by atoms with Gasteiger partial charge in [-0.15, -0.1) is 0 Å². The lowest BCUT2D eigenvalue weighted by molar-refractivity contribution is -0.125. The molecule has 0 saturated heterocycles. The van der Waals surface area contributed by atoms with E-state index in [1.54, 1.807) is 0 Å². The molecular weight excluding hydrogens is 238 g/mol. The third-order valence-corrected chi connectivity index (χ3v) is 4.17. The summed E-state index contributed by atoms with van der Waals surface area (Å²) in [5, 5.41) is 3.00. The smallest absolute Gasteiger partial charge is 0.231 e. The van der Waals surface area contributed by atoms with Crippen molar-refractivity contribution in [3.05, 3.63) is 24.3 Å². The van der Waals surface area contributed by atoms with Gasteiger partial charge in [-0.25, -0.2) is 0 Å². The number of carbonyl (C=O) groups excluding carboxylic acids is 1. The first-order valence-electron chi connectivity index (χ1n) is 6.78. The van der Waals surface area contributed by atoms with Crippen LogP contribution >= 0.6 is 0 Å². The standard InChI is InChI=1S/C15H23N3O/c1-15(9-5-8-13(15)16)14(19)17-11-6-4-7-12(10-11)18(2)3/h4,6-7,10,13H,5,8-9,16H2,1-3H3,(H,17,19). The molecule has 1 aliphatic rings. The Kier molecular flexibility index (Phi) is 3.80. The van der Waals surface area contributed by atoms with Crippen LogP contribution < -0.4 is 16.0 Å². The molecule has 1 amide bonds. The third-order valence-electron chi connectivity index (χ3n) is 4.17. The second-order valence-corrected chi connectivity index (χ2v) is 5.82. The van der Waals surface area contributed by atoms with E-state index in [4.69, 9.17) is 5.73 Å². The van der Waals surface area contributed by atoms with Crippen molar-refractivity contribution in [1.82, 2.24) is 0 Å². The first-order valence-corrected chi connectivity index (χ1v) is 6.78. The Morgan fingerprint density at radius 1 is 1.47 bits per heavy atom. The van der Waals surface area contributed by atoms with E-state index in [1.165, 1.54) is 0 Å². The molecule has 0 aromatic heterocycles. The van der Waals surface area contributed by atoms with Crippen LogP contribution in [0.4, 0.5) is 11.4 Å². The first kappa shape index (κ1) is 13.9. The molecule has 4 nitrogen and oxygen atoms in total. The monoisotopic (exact) mass is 261 g/mol. The highest BCUT2D eigenvalue weighted by molar-refractivity contribution is 5.96. The van der Waals surface area contributed by atoms with E-state index in [0.717, 1.165) is 30.6 Å². The summed E-state index contributed by atoms with van der Waals surface area (Å²) in [5.41, 5.74) is 7.54. The van der Waals surface area contributed by atoms with Crippen LogP contribution in [-0.4, -0.2) is 26.0 Å². The summed E-state index contributed by atoms with van der Waals surface area (Å²) in [7, 11) is 3.96. The van der Waals surface area contributed by atoms with Crippen molar-refractivity contribution < 1.29 is 4.79 Å². The average Bonchev–Trinajstić information content (AvgIpc) is 2.71. The number of nitrogens with two attached hydrogens (primary N) is 1. The van der Waals surface area contributed by atoms with Crippen LogP contribution in [0.1, 0.15) is 26.2 Å². The molecular formula is C15H23N3O. The van der Waals surface area contributed by atoms with Gasteiger partial charge < -0.3 is 16.0 Å². The SMILES string of the molecule is CN(C)c1cccc(NC(=O)C2(C)CCCC2N)c1. The highest BCUT2D eigenvalue weighted by Gasteiger charge is 2.42. The summed E-state index contributed by atoms with van der Waals surface area (Å²) >= 11 is 0. The van der Waals surface area contributed by atoms with Gasteiger partial charge in [-0.2, -0.15) is 0 Å². The lowest BCUT2D eigenvalue weighted by atomic mass is 9.84. The highest BCUT2D eigenvalue weighted by atomic mass is 16.2. The molecule has 19 heavy (non-hydrogen) atoms. The Morgan fingerprint density at radius 3 is 2.79 bits per heavy atom. The fraction of sp³-hybridized carbons (Fsp3) is 0.533. The zero-order valence-corrected chi connectivity index (χ0v) is 11.9. The van der Waals surface area contributed by atoms with Crippen molar-refractivity contribution in [2.24, 2.45) is 11.1 Å². The third kappa shape index (κ3) is 2.73. The Hall–Kier alpha value is -1.55. The summed E-state index contributed by atoms with van der Waals surface area (Å²) in [4.78, 5) is 14.4. The normalized spacial score (nSPS) is 26.2. The second-order valence-electron chi connectivity index (χ2n) is 5.82. The van der Waals surface area contributed by atoms with Gasteiger partial charge in [0.15, 0.2) is 0 Å². The maximum absolute atomic E-state index is 12.4. The van der Waals surface area contributed by atoms with Crippen molar-refractivity contribution in [3.63, 3.8) is 0 Å². The average molecular weight is 261 g/mol. The van der Waals surface area contributed by atoms with Gasteiger partial charge in [0.2, 0.25) is 5.91 Å². The van der Waals surface area contributed by atoms with Gasteiger partial charge in [0, 0.05) is 31.5 Å². The number of hydrogen-bond donors (Lipinski definition) is 2. The molecule has 0 bridgehead atoms. The first-order chi connectivity index (χ1) is 8.93. The summed E-state index contributed by atoms with van der Waals surface area (Å²) in [6.45, 7) is 1.97. The number of carbonyl (C=O) groups is 1. The van der Waals surface area contributed by atoms with E-state index >= 15 is 0 Å². The number of nitrogens with one attached hydrogen (secondary N) is 1. The zero-order chi connectivity index (χ0) is 14.0. The van der Waals surface area contributed by atoms with Gasteiger partial charge in [-0.05, 0) is 38.0 Å². The Labute approximate surface area is 115 Å². The number of anilines is 2. The van der Waals surface area contributed by atoms with Gasteiger partial charge >= 0.3 is 0 Å². The largest absolute Gasteiger partial charge is 0.378 e. The molecule has 2 unspecified atom stereocenters. The lowest BCUT2D eigenvalue weighted by Crippen LogP contribution is -2.44. The van der Waals surface area contributed by atoms with Crippen LogP contribution in [0.15, 0.2) is 24.3 Å². The number of amides is 1. The number of benzene rings is 1. The van der Waals surface area contributed by atoms with Crippen LogP contribution in [-0.2, 0) is 4.79 Å². The highest BCUT2D eigenvalue weighted by Crippen LogP contribution is 2.37. The molecule has 1 saturated carbocycles. The topological polar surface area (TPSA) is 58.4 Å². The second kappa shape index (κ2) is 5.21. The van der Waals surface area contributed by atoms with Gasteiger partial charge in [0.1, 0.15) is 0 Å². The molecule has 3 N–H and O–H groups in total. The minimum absolute atomic E-state index is 0.0356. The number of nitrogens with zero attached hydrogens (tertiary/aromatic N) is 1. The molecule has 2 atom stereocenters. The zero-order valence-electron chi connectivity index (χ0n) is 11.9. The van der Waals surface area contributed by atoms with Crippen LogP contribution in [0, 0.1) is 5.41 Å². The van der Waals surface area contributed by atoms with Crippen molar-refractivity contribution in [2.75, 3.05) is 24.3 Å². The predicted octanol–water partition coefficient (Wildman–Crippen LogP) is 2.21. The van der Waals surface area contributed by atoms with Crippen LogP contribution in [0.25, 0.3) is 0 Å². The fourth-order valence-electron chi connectivity index (χ4n) is 2.61. The van der Waals surface area contributed by atoms with E-state index in [2.05, 4.69) is 5.32 Å². The van der Waals surface area contributed by atoms with E-state index < -0.39 is 5.41 Å². The molecule has 1 aromatic carbocycles. The van der Waals surface area contributed by atoms with Crippen molar-refractivity contribution in [3.8, 4) is 0 Å². The van der Waals surface area contributed by atoms with Crippen molar-refractivity contribution >= 4 is 17.3 Å². The summed E-state index contributed by atoms with van der Waals surface area (Å²) < 4.78 is 0. The van der Waals surface area contributed by atoms with E-state index in [0.29, 0.717) is 0 Å². The molecule has 4 heteroatoms. The molecule has 0 spiro atoms. The van der Waals surface area contributed by atoms with Crippen LogP contribution in [0.3, 0.4) is 0 Å². The Balaban J connectivity index is 2.13. The molecule has 0 aliphatic heterocycles. The molecule has 1 aliphatic carbocycles. The Morgan fingerprint density at radius 2 is 2.21 bits per heavy atom. The van der Waals surface area contributed by atoms with Crippen LogP contribution in [0.5, 0.6) is 0 Å². The van der Waals surface area contributed by atoms with Gasteiger partial charge in [-0.1, -0.05) is 12.5 Å². The maximum atomic E-state index is 12.4. The molecule has 1 fully saturated rings. The maximum Gasteiger partial charge on any atom is 0.231 e. The molecule has 0 heterocycles. The number of rotatable bonds is 3. The van der Waals surface area contributed by atoms with Crippen LogP contribution in [0.2, 0.25) is 0 Å². The van der Waals surface area contributed by atoms with Gasteiger partial charge in [0.05, 0.1) is 5.41 Å². The minimum Gasteiger partial charge on any atom is -0.378 e. The van der Waals surface area contributed by atoms with E-state index in [-0.39, 0.29) is 11.9 Å².